The number of nitro benzene ring substituents is 1. The van der Waals surface area contributed by atoms with Crippen LogP contribution in [0.15, 0.2) is 54.6 Å². The van der Waals surface area contributed by atoms with Gasteiger partial charge in [-0.1, -0.05) is 42.5 Å². The van der Waals surface area contributed by atoms with Gasteiger partial charge >= 0.3 is 0 Å². The maximum absolute atomic E-state index is 11.5. The van der Waals surface area contributed by atoms with E-state index >= 15 is 0 Å². The molecule has 2 aliphatic rings. The van der Waals surface area contributed by atoms with Crippen molar-refractivity contribution in [2.75, 3.05) is 12.4 Å². The molecule has 1 N–H and O–H groups in total. The Kier molecular flexibility index (Phi) is 3.49. The molecule has 2 aromatic rings. The van der Waals surface area contributed by atoms with E-state index in [2.05, 4.69) is 29.6 Å². The Labute approximate surface area is 140 Å². The van der Waals surface area contributed by atoms with E-state index in [0.29, 0.717) is 5.75 Å². The third-order valence-corrected chi connectivity index (χ3v) is 5.03. The van der Waals surface area contributed by atoms with Crippen LogP contribution in [0.5, 0.6) is 5.75 Å². The number of anilines is 1. The largest absolute Gasteiger partial charge is 0.495 e. The standard InChI is InChI=1S/C19H18N2O3/c1-24-16-11-10-15(21(22)23)17-13-8-5-9-14(13)18(20-19(16)17)12-6-3-2-4-7-12/h2-8,10-11,13-14,18,20H,9H2,1H3/t13-,14+,18-/m1/s1. The zero-order chi connectivity index (χ0) is 16.7. The Morgan fingerprint density at radius 3 is 2.71 bits per heavy atom. The van der Waals surface area contributed by atoms with Crippen molar-refractivity contribution in [3.8, 4) is 5.75 Å². The molecule has 24 heavy (non-hydrogen) atoms. The van der Waals surface area contributed by atoms with E-state index in [1.165, 1.54) is 5.56 Å². The first-order valence-electron chi connectivity index (χ1n) is 8.04. The van der Waals surface area contributed by atoms with E-state index in [1.807, 2.05) is 18.2 Å². The highest BCUT2D eigenvalue weighted by Crippen LogP contribution is 2.54. The second-order valence-electron chi connectivity index (χ2n) is 6.22. The van der Waals surface area contributed by atoms with Crippen LogP contribution in [-0.4, -0.2) is 12.0 Å². The molecule has 1 heterocycles. The lowest BCUT2D eigenvalue weighted by molar-refractivity contribution is -0.385. The molecule has 1 aliphatic carbocycles. The second kappa shape index (κ2) is 5.67. The fourth-order valence-corrected chi connectivity index (χ4v) is 3.98. The number of rotatable bonds is 3. The normalized spacial score (nSPS) is 24.0. The molecule has 5 nitrogen and oxygen atoms in total. The Bertz CT molecular complexity index is 817. The Balaban J connectivity index is 1.90. The number of hydrogen-bond donors (Lipinski definition) is 1. The fraction of sp³-hybridized carbons (Fsp3) is 0.263. The van der Waals surface area contributed by atoms with Crippen LogP contribution < -0.4 is 10.1 Å². The van der Waals surface area contributed by atoms with Crippen LogP contribution in [0.2, 0.25) is 0 Å². The molecule has 0 spiro atoms. The van der Waals surface area contributed by atoms with Crippen LogP contribution in [0.25, 0.3) is 0 Å². The highest BCUT2D eigenvalue weighted by atomic mass is 16.6. The van der Waals surface area contributed by atoms with Crippen LogP contribution in [0.3, 0.4) is 0 Å². The quantitative estimate of drug-likeness (QED) is 0.516. The predicted molar refractivity (Wildman–Crippen MR) is 92.4 cm³/mol. The summed E-state index contributed by atoms with van der Waals surface area (Å²) in [5.41, 5.74) is 2.83. The highest BCUT2D eigenvalue weighted by Gasteiger charge is 2.42. The van der Waals surface area contributed by atoms with E-state index in [4.69, 9.17) is 4.74 Å². The first-order chi connectivity index (χ1) is 11.7. The summed E-state index contributed by atoms with van der Waals surface area (Å²) in [5.74, 6) is 0.947. The zero-order valence-corrected chi connectivity index (χ0v) is 13.3. The van der Waals surface area contributed by atoms with Gasteiger partial charge in [-0.05, 0) is 24.0 Å². The van der Waals surface area contributed by atoms with E-state index in [1.54, 1.807) is 19.2 Å². The summed E-state index contributed by atoms with van der Waals surface area (Å²) in [6.07, 6.45) is 5.14. The van der Waals surface area contributed by atoms with E-state index < -0.39 is 0 Å². The smallest absolute Gasteiger partial charge is 0.275 e. The first-order valence-corrected chi connectivity index (χ1v) is 8.04. The van der Waals surface area contributed by atoms with Crippen LogP contribution in [0, 0.1) is 16.0 Å². The van der Waals surface area contributed by atoms with E-state index in [0.717, 1.165) is 17.7 Å². The van der Waals surface area contributed by atoms with Gasteiger partial charge in [0.15, 0.2) is 0 Å². The van der Waals surface area contributed by atoms with E-state index in [9.17, 15) is 10.1 Å². The van der Waals surface area contributed by atoms with Gasteiger partial charge in [0.05, 0.1) is 29.3 Å². The van der Waals surface area contributed by atoms with Gasteiger partial charge in [-0.2, -0.15) is 0 Å². The molecule has 0 aromatic heterocycles. The van der Waals surface area contributed by atoms with Crippen molar-refractivity contribution in [2.45, 2.75) is 18.4 Å². The van der Waals surface area contributed by atoms with Crippen molar-refractivity contribution in [1.29, 1.82) is 0 Å². The molecular weight excluding hydrogens is 304 g/mol. The van der Waals surface area contributed by atoms with Gasteiger partial charge in [0, 0.05) is 12.0 Å². The number of fused-ring (bicyclic) bond motifs is 3. The average Bonchev–Trinajstić information content (AvgIpc) is 3.10. The number of methoxy groups -OCH3 is 1. The number of benzene rings is 2. The van der Waals surface area contributed by atoms with Gasteiger partial charge in [0.1, 0.15) is 5.75 Å². The molecule has 0 saturated carbocycles. The van der Waals surface area contributed by atoms with Crippen LogP contribution in [0.1, 0.15) is 29.5 Å². The lowest BCUT2D eigenvalue weighted by Crippen LogP contribution is -2.30. The number of nitro groups is 1. The Morgan fingerprint density at radius 1 is 1.21 bits per heavy atom. The molecule has 122 valence electrons. The van der Waals surface area contributed by atoms with Crippen molar-refractivity contribution in [3.05, 3.63) is 75.9 Å². The minimum Gasteiger partial charge on any atom is -0.495 e. The monoisotopic (exact) mass is 322 g/mol. The van der Waals surface area contributed by atoms with Gasteiger partial charge in [-0.3, -0.25) is 10.1 Å². The molecule has 5 heteroatoms. The van der Waals surface area contributed by atoms with Crippen molar-refractivity contribution < 1.29 is 9.66 Å². The third kappa shape index (κ3) is 2.16. The number of allylic oxidation sites excluding steroid dienone is 2. The summed E-state index contributed by atoms with van der Waals surface area (Å²) >= 11 is 0. The molecular formula is C19H18N2O3. The van der Waals surface area contributed by atoms with Crippen LogP contribution in [-0.2, 0) is 0 Å². The highest BCUT2D eigenvalue weighted by molar-refractivity contribution is 5.73. The summed E-state index contributed by atoms with van der Waals surface area (Å²) in [6.45, 7) is 0. The topological polar surface area (TPSA) is 64.4 Å². The second-order valence-corrected chi connectivity index (χ2v) is 6.22. The summed E-state index contributed by atoms with van der Waals surface area (Å²) in [7, 11) is 1.59. The summed E-state index contributed by atoms with van der Waals surface area (Å²) in [5, 5.41) is 15.1. The number of nitrogens with one attached hydrogen (secondary N) is 1. The SMILES string of the molecule is COc1ccc([N+](=O)[O-])c2c1N[C@H](c1ccccc1)[C@H]1CC=C[C@@H]21. The predicted octanol–water partition coefficient (Wildman–Crippen LogP) is 4.43. The lowest BCUT2D eigenvalue weighted by atomic mass is 9.76. The molecule has 0 fully saturated rings. The van der Waals surface area contributed by atoms with Crippen LogP contribution in [0.4, 0.5) is 11.4 Å². The summed E-state index contributed by atoms with van der Waals surface area (Å²) in [6, 6.07) is 13.6. The van der Waals surface area contributed by atoms with Gasteiger partial charge in [0.2, 0.25) is 0 Å². The van der Waals surface area contributed by atoms with Crippen molar-refractivity contribution in [2.24, 2.45) is 5.92 Å². The minimum absolute atomic E-state index is 0.0296. The maximum Gasteiger partial charge on any atom is 0.275 e. The minimum atomic E-state index is -0.300. The molecule has 0 radical (unpaired) electrons. The third-order valence-electron chi connectivity index (χ3n) is 5.03. The first kappa shape index (κ1) is 14.8. The van der Waals surface area contributed by atoms with E-state index in [-0.39, 0.29) is 28.5 Å². The maximum atomic E-state index is 11.5. The molecule has 0 saturated heterocycles. The molecule has 4 rings (SSSR count). The molecule has 0 bridgehead atoms. The Morgan fingerprint density at radius 2 is 2.00 bits per heavy atom. The van der Waals surface area contributed by atoms with Gasteiger partial charge in [-0.25, -0.2) is 0 Å². The number of nitrogens with zero attached hydrogens (tertiary/aromatic N) is 1. The average molecular weight is 322 g/mol. The van der Waals surface area contributed by atoms with Gasteiger partial charge < -0.3 is 10.1 Å². The van der Waals surface area contributed by atoms with Gasteiger partial charge in [0.25, 0.3) is 5.69 Å². The molecule has 2 aromatic carbocycles. The van der Waals surface area contributed by atoms with Crippen LogP contribution >= 0.6 is 0 Å². The molecule has 1 aliphatic heterocycles. The van der Waals surface area contributed by atoms with Crippen molar-refractivity contribution >= 4 is 11.4 Å². The molecule has 0 amide bonds. The van der Waals surface area contributed by atoms with Crippen molar-refractivity contribution in [3.63, 3.8) is 0 Å². The fourth-order valence-electron chi connectivity index (χ4n) is 3.98. The summed E-state index contributed by atoms with van der Waals surface area (Å²) in [4.78, 5) is 11.2. The van der Waals surface area contributed by atoms with Crippen molar-refractivity contribution in [1.82, 2.24) is 0 Å². The lowest BCUT2D eigenvalue weighted by Gasteiger charge is -2.37. The number of hydrogen-bond acceptors (Lipinski definition) is 4. The molecule has 3 atom stereocenters. The number of ether oxygens (including phenoxy) is 1. The molecule has 0 unspecified atom stereocenters. The summed E-state index contributed by atoms with van der Waals surface area (Å²) < 4.78 is 5.47. The Hall–Kier alpha value is -2.82. The zero-order valence-electron chi connectivity index (χ0n) is 13.3. The van der Waals surface area contributed by atoms with Gasteiger partial charge in [-0.15, -0.1) is 0 Å².